The Hall–Kier alpha value is -4.45. The Morgan fingerprint density at radius 2 is 0.488 bits per heavy atom. The fourth-order valence-corrected chi connectivity index (χ4v) is 9.24. The molecular formula is C76H126O6. The van der Waals surface area contributed by atoms with Crippen molar-refractivity contribution < 1.29 is 28.6 Å². The van der Waals surface area contributed by atoms with Gasteiger partial charge in [0.25, 0.3) is 0 Å². The summed E-state index contributed by atoms with van der Waals surface area (Å²) in [6, 6.07) is 0. The molecule has 6 nitrogen and oxygen atoms in total. The van der Waals surface area contributed by atoms with Crippen LogP contribution in [-0.4, -0.2) is 37.2 Å². The van der Waals surface area contributed by atoms with Gasteiger partial charge in [0, 0.05) is 19.3 Å². The third kappa shape index (κ3) is 66.4. The van der Waals surface area contributed by atoms with E-state index in [1.807, 2.05) is 0 Å². The van der Waals surface area contributed by atoms with Gasteiger partial charge in [-0.3, -0.25) is 14.4 Å². The van der Waals surface area contributed by atoms with E-state index in [0.717, 1.165) is 154 Å². The van der Waals surface area contributed by atoms with Gasteiger partial charge in [-0.05, 0) is 135 Å². The molecule has 0 N–H and O–H groups in total. The lowest BCUT2D eigenvalue weighted by atomic mass is 10.0. The lowest BCUT2D eigenvalue weighted by molar-refractivity contribution is -0.167. The van der Waals surface area contributed by atoms with Crippen LogP contribution < -0.4 is 0 Å². The van der Waals surface area contributed by atoms with E-state index in [0.29, 0.717) is 19.3 Å². The van der Waals surface area contributed by atoms with Crippen molar-refractivity contribution in [3.8, 4) is 0 Å². The first-order valence-electron chi connectivity index (χ1n) is 34.2. The Kier molecular flexibility index (Phi) is 65.3. The standard InChI is InChI=1S/C76H126O6/c1-4-7-10-13-16-19-22-25-28-29-30-31-32-33-34-35-36-37-38-39-40-41-42-43-44-45-46-47-49-51-54-57-60-63-66-69-75(78)81-72-73(71-80-74(77)68-65-62-59-56-53-50-27-24-21-18-15-12-9-6-3)82-76(79)70-67-64-61-58-55-52-48-26-23-20-17-14-11-8-5-2/h7,10,15-20,24-28,30-31,33-34,36-37,39-40,48,73H,4-6,8-9,11-14,21-23,29,32,35,38,41-47,49-72H2,1-3H3/b10-7-,18-15-,19-16-,20-17-,27-24-,28-25-,31-30-,34-33-,37-36-,40-39-,48-26-. The van der Waals surface area contributed by atoms with Gasteiger partial charge in [-0.25, -0.2) is 0 Å². The molecule has 0 aliphatic rings. The highest BCUT2D eigenvalue weighted by molar-refractivity contribution is 5.71. The molecule has 0 aromatic rings. The summed E-state index contributed by atoms with van der Waals surface area (Å²) in [6.07, 6.45) is 97.6. The first-order valence-corrected chi connectivity index (χ1v) is 34.2. The second kappa shape index (κ2) is 69.0. The van der Waals surface area contributed by atoms with Gasteiger partial charge >= 0.3 is 17.9 Å². The third-order valence-electron chi connectivity index (χ3n) is 14.4. The van der Waals surface area contributed by atoms with Gasteiger partial charge in [0.15, 0.2) is 6.10 Å². The zero-order valence-corrected chi connectivity index (χ0v) is 53.5. The number of ether oxygens (including phenoxy) is 3. The first-order chi connectivity index (χ1) is 40.5. The van der Waals surface area contributed by atoms with Crippen LogP contribution in [0.15, 0.2) is 134 Å². The Balaban J connectivity index is 4.22. The number of carbonyl (C=O) groups is 3. The number of hydrogen-bond donors (Lipinski definition) is 0. The molecule has 0 aliphatic carbocycles. The quantitative estimate of drug-likeness (QED) is 0.0261. The van der Waals surface area contributed by atoms with Crippen molar-refractivity contribution in [3.05, 3.63) is 134 Å². The van der Waals surface area contributed by atoms with Crippen molar-refractivity contribution in [2.24, 2.45) is 0 Å². The second-order valence-corrected chi connectivity index (χ2v) is 22.3. The van der Waals surface area contributed by atoms with Crippen molar-refractivity contribution >= 4 is 17.9 Å². The van der Waals surface area contributed by atoms with Crippen LogP contribution in [0.25, 0.3) is 0 Å². The minimum absolute atomic E-state index is 0.0900. The first kappa shape index (κ1) is 77.5. The maximum absolute atomic E-state index is 12.9. The molecule has 466 valence electrons. The van der Waals surface area contributed by atoms with E-state index < -0.39 is 6.10 Å². The Bertz CT molecular complexity index is 1730. The Morgan fingerprint density at radius 3 is 0.780 bits per heavy atom. The van der Waals surface area contributed by atoms with Crippen LogP contribution in [0.5, 0.6) is 0 Å². The minimum atomic E-state index is -0.795. The SMILES string of the molecule is CC/C=C\C/C=C\C/C=C\C/C=C\C/C=C\C/C=C\C/C=C\CCCCCCCCCCCCCCCC(=O)OCC(COC(=O)CCCCCCC/C=C\C/C=C\CCCC)OC(=O)CCCCCCC/C=C\C/C=C\CCCCC. The van der Waals surface area contributed by atoms with Crippen molar-refractivity contribution in [2.75, 3.05) is 13.2 Å². The lowest BCUT2D eigenvalue weighted by Gasteiger charge is -2.18. The van der Waals surface area contributed by atoms with Crippen LogP contribution >= 0.6 is 0 Å². The molecule has 0 amide bonds. The normalized spacial score (nSPS) is 13.0. The number of esters is 3. The molecule has 0 fully saturated rings. The summed E-state index contributed by atoms with van der Waals surface area (Å²) >= 11 is 0. The third-order valence-corrected chi connectivity index (χ3v) is 14.4. The van der Waals surface area contributed by atoms with E-state index in [2.05, 4.69) is 154 Å². The van der Waals surface area contributed by atoms with Gasteiger partial charge in [-0.15, -0.1) is 0 Å². The number of hydrogen-bond acceptors (Lipinski definition) is 6. The summed E-state index contributed by atoms with van der Waals surface area (Å²) in [6.45, 7) is 6.45. The molecule has 0 aromatic carbocycles. The molecule has 1 atom stereocenters. The smallest absolute Gasteiger partial charge is 0.306 e. The summed E-state index contributed by atoms with van der Waals surface area (Å²) in [5, 5.41) is 0. The number of unbranched alkanes of at least 4 members (excludes halogenated alkanes) is 28. The monoisotopic (exact) mass is 1130 g/mol. The zero-order chi connectivity index (χ0) is 59.2. The topological polar surface area (TPSA) is 78.9 Å². The molecule has 0 saturated heterocycles. The van der Waals surface area contributed by atoms with Gasteiger partial charge in [-0.1, -0.05) is 289 Å². The minimum Gasteiger partial charge on any atom is -0.462 e. The Morgan fingerprint density at radius 1 is 0.256 bits per heavy atom. The highest BCUT2D eigenvalue weighted by Gasteiger charge is 2.19. The average molecular weight is 1140 g/mol. The van der Waals surface area contributed by atoms with Gasteiger partial charge in [0.05, 0.1) is 0 Å². The van der Waals surface area contributed by atoms with E-state index >= 15 is 0 Å². The van der Waals surface area contributed by atoms with Crippen molar-refractivity contribution in [1.82, 2.24) is 0 Å². The molecular weight excluding hydrogens is 1010 g/mol. The van der Waals surface area contributed by atoms with Crippen LogP contribution in [0.2, 0.25) is 0 Å². The van der Waals surface area contributed by atoms with Crippen LogP contribution in [-0.2, 0) is 28.6 Å². The van der Waals surface area contributed by atoms with Gasteiger partial charge in [-0.2, -0.15) is 0 Å². The maximum atomic E-state index is 12.9. The molecule has 0 aromatic heterocycles. The van der Waals surface area contributed by atoms with Crippen molar-refractivity contribution in [1.29, 1.82) is 0 Å². The summed E-state index contributed by atoms with van der Waals surface area (Å²) in [5.74, 6) is -0.914. The molecule has 1 unspecified atom stereocenters. The molecule has 0 rings (SSSR count). The van der Waals surface area contributed by atoms with E-state index in [1.165, 1.54) is 116 Å². The van der Waals surface area contributed by atoms with Crippen molar-refractivity contribution in [2.45, 2.75) is 316 Å². The van der Waals surface area contributed by atoms with E-state index in [-0.39, 0.29) is 31.1 Å². The predicted octanol–water partition coefficient (Wildman–Crippen LogP) is 23.7. The van der Waals surface area contributed by atoms with Crippen LogP contribution in [0.3, 0.4) is 0 Å². The molecule has 0 radical (unpaired) electrons. The van der Waals surface area contributed by atoms with E-state index in [4.69, 9.17) is 14.2 Å². The average Bonchev–Trinajstić information content (AvgIpc) is 3.48. The molecule has 0 bridgehead atoms. The molecule has 0 aliphatic heterocycles. The zero-order valence-electron chi connectivity index (χ0n) is 53.5. The van der Waals surface area contributed by atoms with Crippen LogP contribution in [0, 0.1) is 0 Å². The van der Waals surface area contributed by atoms with Gasteiger partial charge < -0.3 is 14.2 Å². The summed E-state index contributed by atoms with van der Waals surface area (Å²) in [7, 11) is 0. The molecule has 0 heterocycles. The Labute approximate surface area is 506 Å². The number of allylic oxidation sites excluding steroid dienone is 22. The van der Waals surface area contributed by atoms with Gasteiger partial charge in [0.1, 0.15) is 13.2 Å². The van der Waals surface area contributed by atoms with Crippen LogP contribution in [0.4, 0.5) is 0 Å². The predicted molar refractivity (Wildman–Crippen MR) is 357 cm³/mol. The molecule has 82 heavy (non-hydrogen) atoms. The maximum Gasteiger partial charge on any atom is 0.306 e. The number of carbonyl (C=O) groups excluding carboxylic acids is 3. The summed E-state index contributed by atoms with van der Waals surface area (Å²) < 4.78 is 16.9. The molecule has 0 saturated carbocycles. The highest BCUT2D eigenvalue weighted by Crippen LogP contribution is 2.16. The fraction of sp³-hybridized carbons (Fsp3) is 0.671. The largest absolute Gasteiger partial charge is 0.462 e. The fourth-order valence-electron chi connectivity index (χ4n) is 9.24. The van der Waals surface area contributed by atoms with E-state index in [9.17, 15) is 14.4 Å². The van der Waals surface area contributed by atoms with Crippen LogP contribution in [0.1, 0.15) is 310 Å². The lowest BCUT2D eigenvalue weighted by Crippen LogP contribution is -2.30. The molecule has 0 spiro atoms. The molecule has 6 heteroatoms. The van der Waals surface area contributed by atoms with E-state index in [1.54, 1.807) is 0 Å². The number of rotatable bonds is 61. The van der Waals surface area contributed by atoms with Crippen molar-refractivity contribution in [3.63, 3.8) is 0 Å². The highest BCUT2D eigenvalue weighted by atomic mass is 16.6. The summed E-state index contributed by atoms with van der Waals surface area (Å²) in [5.41, 5.74) is 0. The second-order valence-electron chi connectivity index (χ2n) is 22.3. The van der Waals surface area contributed by atoms with Gasteiger partial charge in [0.2, 0.25) is 0 Å². The summed E-state index contributed by atoms with van der Waals surface area (Å²) in [4.78, 5) is 38.3.